The van der Waals surface area contributed by atoms with Crippen LogP contribution in [0.4, 0.5) is 39.4 Å². The van der Waals surface area contributed by atoms with E-state index < -0.39 is 52.0 Å². The van der Waals surface area contributed by atoms with Crippen molar-refractivity contribution in [3.8, 4) is 17.1 Å². The Balaban J connectivity index is 1.52. The van der Waals surface area contributed by atoms with Crippen molar-refractivity contribution in [2.24, 2.45) is 5.92 Å². The zero-order valence-corrected chi connectivity index (χ0v) is 23.0. The summed E-state index contributed by atoms with van der Waals surface area (Å²) in [4.78, 5) is 17.7. The number of fused-ring (bicyclic) bond motifs is 5. The fourth-order valence-electron chi connectivity index (χ4n) is 7.15. The van der Waals surface area contributed by atoms with E-state index in [1.165, 1.54) is 0 Å². The van der Waals surface area contributed by atoms with E-state index in [4.69, 9.17) is 15.5 Å². The Labute approximate surface area is 237 Å². The highest BCUT2D eigenvalue weighted by atomic mass is 19.4. The molecular weight excluding hydrogens is 561 g/mol. The molecular formula is C28H30F5N7O2. The first kappa shape index (κ1) is 27.3. The fraction of sp³-hybridized carbons (Fsp3) is 0.536. The van der Waals surface area contributed by atoms with Gasteiger partial charge in [0, 0.05) is 49.8 Å². The van der Waals surface area contributed by atoms with Gasteiger partial charge in [0.15, 0.2) is 5.82 Å². The molecule has 2 bridgehead atoms. The third-order valence-corrected chi connectivity index (χ3v) is 9.13. The van der Waals surface area contributed by atoms with Crippen molar-refractivity contribution in [3.05, 3.63) is 28.8 Å². The van der Waals surface area contributed by atoms with Crippen LogP contribution in [0, 0.1) is 24.5 Å². The lowest BCUT2D eigenvalue weighted by atomic mass is 9.96. The molecule has 3 saturated heterocycles. The van der Waals surface area contributed by atoms with Gasteiger partial charge < -0.3 is 30.7 Å². The maximum absolute atomic E-state index is 16.6. The predicted molar refractivity (Wildman–Crippen MR) is 145 cm³/mol. The molecule has 4 N–H and O–H groups in total. The fourth-order valence-corrected chi connectivity index (χ4v) is 7.15. The van der Waals surface area contributed by atoms with Crippen molar-refractivity contribution in [2.75, 3.05) is 41.8 Å². The van der Waals surface area contributed by atoms with E-state index in [0.717, 1.165) is 25.8 Å². The van der Waals surface area contributed by atoms with E-state index in [1.54, 1.807) is 0 Å². The van der Waals surface area contributed by atoms with Crippen LogP contribution in [0.2, 0.25) is 0 Å². The molecule has 3 aromatic rings. The molecule has 2 aromatic heterocycles. The summed E-state index contributed by atoms with van der Waals surface area (Å²) in [5.41, 5.74) is 1.44. The first-order valence-electron chi connectivity index (χ1n) is 14.1. The Kier molecular flexibility index (Phi) is 6.18. The predicted octanol–water partition coefficient (Wildman–Crippen LogP) is 3.79. The number of aromatic nitrogens is 3. The molecule has 42 heavy (non-hydrogen) atoms. The van der Waals surface area contributed by atoms with Gasteiger partial charge in [-0.05, 0) is 44.7 Å². The first-order valence-corrected chi connectivity index (χ1v) is 14.1. The molecule has 0 aliphatic carbocycles. The van der Waals surface area contributed by atoms with Crippen molar-refractivity contribution in [1.82, 2.24) is 20.3 Å². The van der Waals surface area contributed by atoms with Gasteiger partial charge in [0.2, 0.25) is 11.8 Å². The van der Waals surface area contributed by atoms with E-state index in [-0.39, 0.29) is 53.4 Å². The highest BCUT2D eigenvalue weighted by Crippen LogP contribution is 2.47. The maximum atomic E-state index is 16.6. The summed E-state index contributed by atoms with van der Waals surface area (Å²) in [6.07, 6.45) is -2.97. The molecule has 7 rings (SSSR count). The molecule has 4 aliphatic heterocycles. The molecule has 5 atom stereocenters. The molecule has 1 aromatic carbocycles. The summed E-state index contributed by atoms with van der Waals surface area (Å²) < 4.78 is 80.5. The van der Waals surface area contributed by atoms with E-state index >= 15 is 4.39 Å². The third kappa shape index (κ3) is 4.05. The van der Waals surface area contributed by atoms with Crippen LogP contribution in [-0.2, 0) is 6.18 Å². The zero-order valence-electron chi connectivity index (χ0n) is 23.0. The first-order chi connectivity index (χ1) is 20.0. The van der Waals surface area contributed by atoms with Gasteiger partial charge in [-0.25, -0.2) is 18.7 Å². The van der Waals surface area contributed by atoms with Gasteiger partial charge in [0.1, 0.15) is 34.3 Å². The quantitative estimate of drug-likeness (QED) is 0.310. The topological polar surface area (TPSA) is 113 Å². The Hall–Kier alpha value is -3.52. The number of nitrogens with one attached hydrogen (secondary N) is 1. The third-order valence-electron chi connectivity index (χ3n) is 9.13. The maximum Gasteiger partial charge on any atom is 0.417 e. The molecule has 0 amide bonds. The Morgan fingerprint density at radius 2 is 1.90 bits per heavy atom. The van der Waals surface area contributed by atoms with Gasteiger partial charge in [-0.3, -0.25) is 0 Å². The number of anilines is 3. The van der Waals surface area contributed by atoms with Crippen LogP contribution in [0.1, 0.15) is 37.3 Å². The van der Waals surface area contributed by atoms with E-state index in [0.29, 0.717) is 31.9 Å². The number of hydrogen-bond donors (Lipinski definition) is 3. The van der Waals surface area contributed by atoms with Crippen molar-refractivity contribution < 1.29 is 31.8 Å². The number of alkyl halides is 3. The second kappa shape index (κ2) is 9.49. The van der Waals surface area contributed by atoms with Gasteiger partial charge in [0.25, 0.3) is 0 Å². The summed E-state index contributed by atoms with van der Waals surface area (Å²) >= 11 is 0. The number of aliphatic hydroxyl groups is 1. The molecule has 224 valence electrons. The average Bonchev–Trinajstić information content (AvgIpc) is 3.55. The van der Waals surface area contributed by atoms with Crippen molar-refractivity contribution >= 4 is 28.4 Å². The summed E-state index contributed by atoms with van der Waals surface area (Å²) in [6, 6.07) is 0.813. The Morgan fingerprint density at radius 3 is 2.62 bits per heavy atom. The van der Waals surface area contributed by atoms with E-state index in [2.05, 4.69) is 20.2 Å². The standard InChI is InChI=1S/C28H30F5N7O2/c1-11-19(28(31,32)33)15(7-16(34)20(11)29)22-21(30)23-18-25(38-27(37-23)39-6-5-13(8-39)10-41)40-9-14-3-4-17(35-14)24(40)12(2)42-26(18)36-22/h7,12-14,17,24,35,41H,3-6,8-10,34H2,1-2H3/t12-,13+,14+,17-,24+/m0/s1. The van der Waals surface area contributed by atoms with Gasteiger partial charge >= 0.3 is 6.18 Å². The minimum Gasteiger partial charge on any atom is -0.472 e. The minimum absolute atomic E-state index is 0.0116. The van der Waals surface area contributed by atoms with Crippen LogP contribution in [0.3, 0.4) is 0 Å². The second-order valence-electron chi connectivity index (χ2n) is 11.8. The van der Waals surface area contributed by atoms with Crippen LogP contribution in [0.5, 0.6) is 5.88 Å². The Bertz CT molecular complexity index is 1600. The SMILES string of the molecule is Cc1c(F)c(N)cc(-c2nc3c4c(nc(N5CC[C@@H](CO)C5)nc4c2F)N2C[C@H]4CC[C@H](N4)[C@H]2[C@H](C)O3)c1C(F)(F)F. The molecule has 3 fully saturated rings. The summed E-state index contributed by atoms with van der Waals surface area (Å²) in [5.74, 6) is -1.82. The van der Waals surface area contributed by atoms with Gasteiger partial charge in [-0.15, -0.1) is 0 Å². The van der Waals surface area contributed by atoms with Gasteiger partial charge in [-0.1, -0.05) is 0 Å². The highest BCUT2D eigenvalue weighted by molar-refractivity contribution is 5.98. The number of ether oxygens (including phenoxy) is 1. The largest absolute Gasteiger partial charge is 0.472 e. The summed E-state index contributed by atoms with van der Waals surface area (Å²) in [7, 11) is 0. The number of aliphatic hydroxyl groups excluding tert-OH is 1. The van der Waals surface area contributed by atoms with Crippen LogP contribution < -0.4 is 25.6 Å². The molecule has 0 spiro atoms. The lowest BCUT2D eigenvalue weighted by Gasteiger charge is -2.43. The molecule has 4 aliphatic rings. The molecule has 0 radical (unpaired) electrons. The molecule has 0 saturated carbocycles. The van der Waals surface area contributed by atoms with Crippen LogP contribution in [-0.4, -0.2) is 70.5 Å². The lowest BCUT2D eigenvalue weighted by molar-refractivity contribution is -0.137. The molecule has 0 unspecified atom stereocenters. The molecule has 14 heteroatoms. The minimum atomic E-state index is -5.03. The number of piperazine rings is 1. The van der Waals surface area contributed by atoms with Crippen LogP contribution in [0.15, 0.2) is 6.07 Å². The number of rotatable bonds is 3. The van der Waals surface area contributed by atoms with Crippen molar-refractivity contribution in [2.45, 2.75) is 63.5 Å². The number of benzene rings is 1. The summed E-state index contributed by atoms with van der Waals surface area (Å²) in [6.45, 7) is 4.33. The van der Waals surface area contributed by atoms with E-state index in [9.17, 15) is 22.7 Å². The average molecular weight is 592 g/mol. The Morgan fingerprint density at radius 1 is 1.12 bits per heavy atom. The molecule has 6 heterocycles. The molecule has 9 nitrogen and oxygen atoms in total. The number of pyridine rings is 1. The normalized spacial score (nSPS) is 26.9. The lowest BCUT2D eigenvalue weighted by Crippen LogP contribution is -2.62. The number of nitrogens with zero attached hydrogens (tertiary/aromatic N) is 5. The number of hydrogen-bond acceptors (Lipinski definition) is 9. The van der Waals surface area contributed by atoms with Gasteiger partial charge in [0.05, 0.1) is 17.3 Å². The van der Waals surface area contributed by atoms with Crippen LogP contribution in [0.25, 0.3) is 22.2 Å². The second-order valence-corrected chi connectivity index (χ2v) is 11.8. The van der Waals surface area contributed by atoms with E-state index in [1.807, 2.05) is 11.8 Å². The van der Waals surface area contributed by atoms with Crippen molar-refractivity contribution in [1.29, 1.82) is 0 Å². The van der Waals surface area contributed by atoms with Gasteiger partial charge in [-0.2, -0.15) is 18.2 Å². The van der Waals surface area contributed by atoms with Crippen LogP contribution >= 0.6 is 0 Å². The number of nitrogens with two attached hydrogens (primary N) is 1. The zero-order chi connectivity index (χ0) is 29.7. The number of nitrogen functional groups attached to an aromatic ring is 1. The van der Waals surface area contributed by atoms with Crippen molar-refractivity contribution in [3.63, 3.8) is 0 Å². The summed E-state index contributed by atoms with van der Waals surface area (Å²) in [5, 5.41) is 13.5. The number of halogens is 5. The smallest absolute Gasteiger partial charge is 0.417 e. The highest BCUT2D eigenvalue weighted by Gasteiger charge is 2.47. The monoisotopic (exact) mass is 591 g/mol.